The number of nitro groups is 1. The van der Waals surface area contributed by atoms with Crippen LogP contribution in [0.25, 0.3) is 0 Å². The van der Waals surface area contributed by atoms with Crippen molar-refractivity contribution in [2.45, 2.75) is 26.1 Å². The number of benzene rings is 1. The highest BCUT2D eigenvalue weighted by Gasteiger charge is 2.27. The van der Waals surface area contributed by atoms with E-state index in [2.05, 4.69) is 0 Å². The number of carbonyl (C=O) groups excluding carboxylic acids is 1. The van der Waals surface area contributed by atoms with Crippen LogP contribution in [0.3, 0.4) is 0 Å². The Kier molecular flexibility index (Phi) is 3.80. The molecule has 6 heteroatoms. The zero-order valence-corrected chi connectivity index (χ0v) is 10.9. The van der Waals surface area contributed by atoms with Crippen molar-refractivity contribution in [2.75, 3.05) is 18.0 Å². The van der Waals surface area contributed by atoms with Crippen LogP contribution in [0.1, 0.15) is 24.2 Å². The molecular formula is C13H16N2O4. The second-order valence-corrected chi connectivity index (χ2v) is 4.79. The van der Waals surface area contributed by atoms with Crippen LogP contribution in [0.5, 0.6) is 0 Å². The lowest BCUT2D eigenvalue weighted by Gasteiger charge is -2.36. The van der Waals surface area contributed by atoms with Gasteiger partial charge in [0, 0.05) is 24.7 Å². The monoisotopic (exact) mass is 264 g/mol. The molecular weight excluding hydrogens is 248 g/mol. The number of rotatable bonds is 3. The van der Waals surface area contributed by atoms with Crippen LogP contribution in [-0.2, 0) is 4.74 Å². The fraction of sp³-hybridized carbons (Fsp3) is 0.462. The Hall–Kier alpha value is -1.95. The summed E-state index contributed by atoms with van der Waals surface area (Å²) in [5.74, 6) is 0. The zero-order chi connectivity index (χ0) is 14.0. The molecule has 0 spiro atoms. The molecule has 1 aliphatic rings. The maximum absolute atomic E-state index is 11.1. The second kappa shape index (κ2) is 5.36. The average molecular weight is 264 g/mol. The van der Waals surface area contributed by atoms with Gasteiger partial charge in [0.05, 0.1) is 17.1 Å². The fourth-order valence-electron chi connectivity index (χ4n) is 2.40. The van der Waals surface area contributed by atoms with E-state index in [9.17, 15) is 14.9 Å². The lowest BCUT2D eigenvalue weighted by Crippen LogP contribution is -2.45. The van der Waals surface area contributed by atoms with Gasteiger partial charge >= 0.3 is 0 Å². The van der Waals surface area contributed by atoms with Crippen LogP contribution in [0, 0.1) is 10.1 Å². The highest BCUT2D eigenvalue weighted by atomic mass is 16.6. The van der Waals surface area contributed by atoms with Gasteiger partial charge < -0.3 is 9.64 Å². The minimum absolute atomic E-state index is 0.0223. The Morgan fingerprint density at radius 3 is 2.53 bits per heavy atom. The molecule has 0 aromatic heterocycles. The first kappa shape index (κ1) is 13.5. The number of nitro benzene ring substituents is 1. The van der Waals surface area contributed by atoms with Crippen molar-refractivity contribution >= 4 is 17.7 Å². The van der Waals surface area contributed by atoms with E-state index in [1.807, 2.05) is 18.7 Å². The number of ether oxygens (including phenoxy) is 1. The molecule has 2 unspecified atom stereocenters. The van der Waals surface area contributed by atoms with Gasteiger partial charge in [-0.1, -0.05) is 0 Å². The van der Waals surface area contributed by atoms with Crippen LogP contribution in [-0.4, -0.2) is 36.5 Å². The molecule has 0 bridgehead atoms. The molecule has 102 valence electrons. The third-order valence-electron chi connectivity index (χ3n) is 3.09. The highest BCUT2D eigenvalue weighted by molar-refractivity contribution is 5.79. The first-order valence-corrected chi connectivity index (χ1v) is 6.15. The lowest BCUT2D eigenvalue weighted by atomic mass is 10.1. The Bertz CT molecular complexity index is 493. The van der Waals surface area contributed by atoms with Gasteiger partial charge in [-0.15, -0.1) is 0 Å². The first-order chi connectivity index (χ1) is 9.01. The molecule has 0 saturated carbocycles. The van der Waals surface area contributed by atoms with E-state index in [1.54, 1.807) is 12.1 Å². The molecule has 1 heterocycles. The largest absolute Gasteiger partial charge is 0.372 e. The topological polar surface area (TPSA) is 72.7 Å². The summed E-state index contributed by atoms with van der Waals surface area (Å²) < 4.78 is 5.62. The number of carbonyl (C=O) groups is 1. The normalized spacial score (nSPS) is 23.2. The minimum Gasteiger partial charge on any atom is -0.372 e. The molecule has 6 nitrogen and oxygen atoms in total. The number of morpholine rings is 1. The van der Waals surface area contributed by atoms with E-state index in [0.29, 0.717) is 30.6 Å². The third-order valence-corrected chi connectivity index (χ3v) is 3.09. The highest BCUT2D eigenvalue weighted by Crippen LogP contribution is 2.31. The van der Waals surface area contributed by atoms with E-state index >= 15 is 0 Å². The number of hydrogen-bond acceptors (Lipinski definition) is 5. The van der Waals surface area contributed by atoms with Gasteiger partial charge in [-0.25, -0.2) is 0 Å². The van der Waals surface area contributed by atoms with Crippen molar-refractivity contribution in [3.05, 3.63) is 33.9 Å². The summed E-state index contributed by atoms with van der Waals surface area (Å²) in [6.45, 7) is 5.08. The third kappa shape index (κ3) is 2.90. The zero-order valence-electron chi connectivity index (χ0n) is 10.9. The van der Waals surface area contributed by atoms with Crippen LogP contribution in [0.2, 0.25) is 0 Å². The van der Waals surface area contributed by atoms with Crippen molar-refractivity contribution in [1.82, 2.24) is 0 Å². The van der Waals surface area contributed by atoms with Crippen molar-refractivity contribution in [3.8, 4) is 0 Å². The molecule has 0 N–H and O–H groups in total. The Balaban J connectivity index is 2.38. The van der Waals surface area contributed by atoms with Crippen molar-refractivity contribution in [2.24, 2.45) is 0 Å². The standard InChI is InChI=1S/C13H16N2O4/c1-9-6-14(7-10(2)19-9)12-4-3-11(8-16)5-13(12)15(17)18/h3-5,8-10H,6-7H2,1-2H3. The maximum Gasteiger partial charge on any atom is 0.293 e. The summed E-state index contributed by atoms with van der Waals surface area (Å²) in [4.78, 5) is 23.3. The molecule has 1 aromatic rings. The van der Waals surface area contributed by atoms with Gasteiger partial charge in [-0.3, -0.25) is 14.9 Å². The summed E-state index contributed by atoms with van der Waals surface area (Å²) in [5, 5.41) is 11.1. The number of nitrogens with zero attached hydrogens (tertiary/aromatic N) is 2. The van der Waals surface area contributed by atoms with Crippen LogP contribution >= 0.6 is 0 Å². The van der Waals surface area contributed by atoms with Gasteiger partial charge in [-0.2, -0.15) is 0 Å². The average Bonchev–Trinajstić information content (AvgIpc) is 2.36. The summed E-state index contributed by atoms with van der Waals surface area (Å²) in [6.07, 6.45) is 0.657. The van der Waals surface area contributed by atoms with Crippen LogP contribution < -0.4 is 4.90 Å². The van der Waals surface area contributed by atoms with E-state index in [4.69, 9.17) is 4.74 Å². The number of hydrogen-bond donors (Lipinski definition) is 0. The molecule has 19 heavy (non-hydrogen) atoms. The van der Waals surface area contributed by atoms with E-state index in [0.717, 1.165) is 0 Å². The number of aldehydes is 1. The minimum atomic E-state index is -0.451. The SMILES string of the molecule is CC1CN(c2ccc(C=O)cc2[N+](=O)[O-])CC(C)O1. The van der Waals surface area contributed by atoms with E-state index in [1.165, 1.54) is 6.07 Å². The Labute approximate surface area is 111 Å². The Morgan fingerprint density at radius 2 is 2.00 bits per heavy atom. The second-order valence-electron chi connectivity index (χ2n) is 4.79. The molecule has 2 rings (SSSR count). The summed E-state index contributed by atoms with van der Waals surface area (Å²) in [6, 6.07) is 4.54. The summed E-state index contributed by atoms with van der Waals surface area (Å²) in [5.41, 5.74) is 0.813. The lowest BCUT2D eigenvalue weighted by molar-refractivity contribution is -0.384. The summed E-state index contributed by atoms with van der Waals surface area (Å²) >= 11 is 0. The molecule has 1 aliphatic heterocycles. The van der Waals surface area contributed by atoms with Gasteiger partial charge in [0.15, 0.2) is 0 Å². The molecule has 2 atom stereocenters. The van der Waals surface area contributed by atoms with Gasteiger partial charge in [0.25, 0.3) is 5.69 Å². The maximum atomic E-state index is 11.1. The van der Waals surface area contributed by atoms with Crippen LogP contribution in [0.4, 0.5) is 11.4 Å². The smallest absolute Gasteiger partial charge is 0.293 e. The van der Waals surface area contributed by atoms with E-state index < -0.39 is 4.92 Å². The predicted molar refractivity (Wildman–Crippen MR) is 70.7 cm³/mol. The van der Waals surface area contributed by atoms with Crippen molar-refractivity contribution < 1.29 is 14.5 Å². The number of anilines is 1. The molecule has 0 aliphatic carbocycles. The molecule has 0 amide bonds. The Morgan fingerprint density at radius 1 is 1.37 bits per heavy atom. The van der Waals surface area contributed by atoms with Crippen LogP contribution in [0.15, 0.2) is 18.2 Å². The molecule has 1 fully saturated rings. The van der Waals surface area contributed by atoms with Gasteiger partial charge in [0.2, 0.25) is 0 Å². The fourth-order valence-corrected chi connectivity index (χ4v) is 2.40. The van der Waals surface area contributed by atoms with Crippen molar-refractivity contribution in [3.63, 3.8) is 0 Å². The summed E-state index contributed by atoms with van der Waals surface area (Å²) in [7, 11) is 0. The van der Waals surface area contributed by atoms with E-state index in [-0.39, 0.29) is 17.9 Å². The molecule has 1 saturated heterocycles. The quantitative estimate of drug-likeness (QED) is 0.474. The molecule has 0 radical (unpaired) electrons. The van der Waals surface area contributed by atoms with Gasteiger partial charge in [0.1, 0.15) is 12.0 Å². The first-order valence-electron chi connectivity index (χ1n) is 6.15. The van der Waals surface area contributed by atoms with Crippen molar-refractivity contribution in [1.29, 1.82) is 0 Å². The predicted octanol–water partition coefficient (Wildman–Crippen LogP) is 2.02. The van der Waals surface area contributed by atoms with Gasteiger partial charge in [-0.05, 0) is 26.0 Å². The molecule has 1 aromatic carbocycles.